The first-order valence-corrected chi connectivity index (χ1v) is 8.27. The number of aromatic nitrogens is 1. The van der Waals surface area contributed by atoms with Crippen molar-refractivity contribution in [1.82, 2.24) is 9.47 Å². The monoisotopic (exact) mass is 301 g/mol. The minimum Gasteiger partial charge on any atom is -0.342 e. The summed E-state index contributed by atoms with van der Waals surface area (Å²) < 4.78 is 24.4. The number of carbonyl (C=O) groups is 1. The Balaban J connectivity index is 3.17. The molecule has 1 heterocycles. The maximum Gasteiger partial charge on any atom is 0.270 e. The summed E-state index contributed by atoms with van der Waals surface area (Å²) in [4.78, 5) is 14.2. The summed E-state index contributed by atoms with van der Waals surface area (Å²) in [6, 6.07) is 1.35. The topological polar surface area (TPSA) is 85.4 Å². The first-order chi connectivity index (χ1) is 9.20. The fourth-order valence-corrected chi connectivity index (χ4v) is 2.59. The van der Waals surface area contributed by atoms with E-state index in [4.69, 9.17) is 5.14 Å². The number of hydrogen-bond donors (Lipinski definition) is 1. The molecule has 20 heavy (non-hydrogen) atoms. The Bertz CT molecular complexity index is 576. The molecule has 2 N–H and O–H groups in total. The summed E-state index contributed by atoms with van der Waals surface area (Å²) in [7, 11) is -3.80. The predicted octanol–water partition coefficient (Wildman–Crippen LogP) is 1.27. The highest BCUT2D eigenvalue weighted by molar-refractivity contribution is 7.89. The predicted molar refractivity (Wildman–Crippen MR) is 77.9 cm³/mol. The lowest BCUT2D eigenvalue weighted by Crippen LogP contribution is -2.35. The second-order valence-electron chi connectivity index (χ2n) is 5.13. The first-order valence-electron chi connectivity index (χ1n) is 6.72. The number of nitrogens with zero attached hydrogens (tertiary/aromatic N) is 2. The average molecular weight is 301 g/mol. The largest absolute Gasteiger partial charge is 0.342 e. The number of aryl methyl sites for hydroxylation is 1. The van der Waals surface area contributed by atoms with Crippen LogP contribution in [0.15, 0.2) is 17.2 Å². The zero-order valence-electron chi connectivity index (χ0n) is 12.5. The van der Waals surface area contributed by atoms with Crippen molar-refractivity contribution in [2.75, 3.05) is 13.1 Å². The van der Waals surface area contributed by atoms with Gasteiger partial charge < -0.3 is 9.47 Å². The molecule has 1 amide bonds. The molecule has 6 nitrogen and oxygen atoms in total. The molecule has 0 saturated heterocycles. The summed E-state index contributed by atoms with van der Waals surface area (Å²) in [6.07, 6.45) is 1.41. The number of rotatable bonds is 6. The summed E-state index contributed by atoms with van der Waals surface area (Å²) in [5, 5.41) is 5.12. The van der Waals surface area contributed by atoms with Crippen molar-refractivity contribution < 1.29 is 13.2 Å². The van der Waals surface area contributed by atoms with E-state index in [0.717, 1.165) is 0 Å². The lowest BCUT2D eigenvalue weighted by Gasteiger charge is -2.23. The Morgan fingerprint density at radius 3 is 2.40 bits per heavy atom. The van der Waals surface area contributed by atoms with E-state index in [1.54, 1.807) is 9.47 Å². The van der Waals surface area contributed by atoms with Crippen LogP contribution in [0.2, 0.25) is 0 Å². The Hall–Kier alpha value is -1.34. The molecular weight excluding hydrogens is 278 g/mol. The second kappa shape index (κ2) is 6.41. The fraction of sp³-hybridized carbons (Fsp3) is 0.615. The van der Waals surface area contributed by atoms with Gasteiger partial charge in [0.1, 0.15) is 10.6 Å². The van der Waals surface area contributed by atoms with Crippen LogP contribution in [0.25, 0.3) is 0 Å². The van der Waals surface area contributed by atoms with Gasteiger partial charge in [-0.25, -0.2) is 13.6 Å². The van der Waals surface area contributed by atoms with E-state index in [1.807, 2.05) is 27.7 Å². The third-order valence-electron chi connectivity index (χ3n) is 3.01. The van der Waals surface area contributed by atoms with Gasteiger partial charge >= 0.3 is 0 Å². The van der Waals surface area contributed by atoms with Gasteiger partial charge in [0, 0.05) is 25.8 Å². The normalized spacial score (nSPS) is 11.9. The van der Waals surface area contributed by atoms with Crippen molar-refractivity contribution in [1.29, 1.82) is 0 Å². The molecule has 1 rings (SSSR count). The number of hydrogen-bond acceptors (Lipinski definition) is 3. The highest BCUT2D eigenvalue weighted by atomic mass is 32.2. The van der Waals surface area contributed by atoms with Crippen molar-refractivity contribution in [3.63, 3.8) is 0 Å². The molecule has 0 bridgehead atoms. The van der Waals surface area contributed by atoms with E-state index in [2.05, 4.69) is 0 Å². The van der Waals surface area contributed by atoms with Crippen molar-refractivity contribution in [2.24, 2.45) is 11.1 Å². The zero-order chi connectivity index (χ0) is 15.5. The molecule has 0 spiro atoms. The van der Waals surface area contributed by atoms with Crippen LogP contribution in [0.3, 0.4) is 0 Å². The van der Waals surface area contributed by atoms with Gasteiger partial charge in [-0.15, -0.1) is 0 Å². The van der Waals surface area contributed by atoms with Crippen LogP contribution < -0.4 is 5.14 Å². The Morgan fingerprint density at radius 1 is 1.40 bits per heavy atom. The average Bonchev–Trinajstić information content (AvgIpc) is 2.78. The SMILES string of the molecule is CCN(CC(C)C)C(=O)c1cc(S(N)(=O)=O)cn1CC. The fourth-order valence-electron chi connectivity index (χ4n) is 2.04. The van der Waals surface area contributed by atoms with Gasteiger partial charge in [0.05, 0.1) is 0 Å². The Morgan fingerprint density at radius 2 is 2.00 bits per heavy atom. The van der Waals surface area contributed by atoms with Crippen LogP contribution >= 0.6 is 0 Å². The lowest BCUT2D eigenvalue weighted by molar-refractivity contribution is 0.0735. The van der Waals surface area contributed by atoms with Crippen LogP contribution in [0.1, 0.15) is 38.2 Å². The quantitative estimate of drug-likeness (QED) is 0.858. The highest BCUT2D eigenvalue weighted by Crippen LogP contribution is 2.16. The molecule has 1 aromatic heterocycles. The van der Waals surface area contributed by atoms with Gasteiger partial charge in [-0.3, -0.25) is 4.79 Å². The second-order valence-corrected chi connectivity index (χ2v) is 6.69. The maximum absolute atomic E-state index is 12.5. The smallest absolute Gasteiger partial charge is 0.270 e. The Labute approximate surface area is 120 Å². The van der Waals surface area contributed by atoms with E-state index >= 15 is 0 Å². The number of primary sulfonamides is 1. The van der Waals surface area contributed by atoms with Crippen LogP contribution in [0.5, 0.6) is 0 Å². The molecule has 0 atom stereocenters. The van der Waals surface area contributed by atoms with Crippen LogP contribution in [0.4, 0.5) is 0 Å². The van der Waals surface area contributed by atoms with Crippen molar-refractivity contribution in [3.8, 4) is 0 Å². The summed E-state index contributed by atoms with van der Waals surface area (Å²) in [5.74, 6) is 0.180. The van der Waals surface area contributed by atoms with Crippen LogP contribution in [-0.4, -0.2) is 36.9 Å². The van der Waals surface area contributed by atoms with Crippen molar-refractivity contribution in [3.05, 3.63) is 18.0 Å². The third-order valence-corrected chi connectivity index (χ3v) is 3.89. The standard InChI is InChI=1S/C13H23N3O3S/c1-5-15-9-11(20(14,18)19)7-12(15)13(17)16(6-2)8-10(3)4/h7,9-10H,5-6,8H2,1-4H3,(H2,14,18,19). The molecule has 0 aliphatic rings. The van der Waals surface area contributed by atoms with E-state index < -0.39 is 10.0 Å². The van der Waals surface area contributed by atoms with Gasteiger partial charge in [0.2, 0.25) is 10.0 Å². The molecule has 0 aliphatic carbocycles. The third kappa shape index (κ3) is 3.83. The van der Waals surface area contributed by atoms with Crippen molar-refractivity contribution in [2.45, 2.75) is 39.1 Å². The molecule has 0 radical (unpaired) electrons. The van der Waals surface area contributed by atoms with Crippen LogP contribution in [0, 0.1) is 5.92 Å². The maximum atomic E-state index is 12.5. The van der Waals surface area contributed by atoms with Crippen molar-refractivity contribution >= 4 is 15.9 Å². The number of amides is 1. The lowest BCUT2D eigenvalue weighted by atomic mass is 10.2. The molecule has 7 heteroatoms. The molecular formula is C13H23N3O3S. The molecule has 0 aromatic carbocycles. The number of carbonyl (C=O) groups excluding carboxylic acids is 1. The number of sulfonamides is 1. The van der Waals surface area contributed by atoms with Gasteiger partial charge in [-0.05, 0) is 25.8 Å². The first kappa shape index (κ1) is 16.7. The van der Waals surface area contributed by atoms with E-state index in [9.17, 15) is 13.2 Å². The molecule has 0 fully saturated rings. The van der Waals surface area contributed by atoms with Gasteiger partial charge in [-0.2, -0.15) is 0 Å². The molecule has 114 valence electrons. The highest BCUT2D eigenvalue weighted by Gasteiger charge is 2.22. The minimum atomic E-state index is -3.80. The van der Waals surface area contributed by atoms with E-state index in [-0.39, 0.29) is 10.8 Å². The van der Waals surface area contributed by atoms with E-state index in [0.29, 0.717) is 31.2 Å². The summed E-state index contributed by atoms with van der Waals surface area (Å²) in [6.45, 7) is 9.54. The van der Waals surface area contributed by atoms with Gasteiger partial charge in [-0.1, -0.05) is 13.8 Å². The molecule has 1 aromatic rings. The van der Waals surface area contributed by atoms with Gasteiger partial charge in [0.15, 0.2) is 0 Å². The van der Waals surface area contributed by atoms with Crippen LogP contribution in [-0.2, 0) is 16.6 Å². The molecule has 0 saturated carbocycles. The van der Waals surface area contributed by atoms with Gasteiger partial charge in [0.25, 0.3) is 5.91 Å². The molecule has 0 unspecified atom stereocenters. The Kier molecular flexibility index (Phi) is 5.35. The van der Waals surface area contributed by atoms with E-state index in [1.165, 1.54) is 12.3 Å². The zero-order valence-corrected chi connectivity index (χ0v) is 13.3. The summed E-state index contributed by atoms with van der Waals surface area (Å²) >= 11 is 0. The number of nitrogens with two attached hydrogens (primary N) is 1. The summed E-state index contributed by atoms with van der Waals surface area (Å²) in [5.41, 5.74) is 0.360. The minimum absolute atomic E-state index is 0.0247. The molecule has 0 aliphatic heterocycles.